The highest BCUT2D eigenvalue weighted by atomic mass is 35.5. The van der Waals surface area contributed by atoms with Crippen LogP contribution in [0.4, 0.5) is 5.95 Å². The Hall–Kier alpha value is -3.23. The summed E-state index contributed by atoms with van der Waals surface area (Å²) >= 11 is 6.45. The normalized spacial score (nSPS) is 22.5. The quantitative estimate of drug-likeness (QED) is 0.253. The van der Waals surface area contributed by atoms with E-state index in [2.05, 4.69) is 35.8 Å². The van der Waals surface area contributed by atoms with Crippen molar-refractivity contribution >= 4 is 23.5 Å². The largest absolute Gasteiger partial charge is 0.481 e. The van der Waals surface area contributed by atoms with Crippen LogP contribution in [0.15, 0.2) is 42.7 Å². The summed E-state index contributed by atoms with van der Waals surface area (Å²) in [4.78, 5) is 30.7. The van der Waals surface area contributed by atoms with Gasteiger partial charge in [0.2, 0.25) is 11.8 Å². The van der Waals surface area contributed by atoms with Crippen LogP contribution in [0.25, 0.3) is 11.3 Å². The number of nitrogens with zero attached hydrogens (tertiary/aromatic N) is 5. The number of carbonyl (C=O) groups is 1. The summed E-state index contributed by atoms with van der Waals surface area (Å²) < 4.78 is 6.36. The maximum atomic E-state index is 11.2. The van der Waals surface area contributed by atoms with Crippen molar-refractivity contribution in [1.29, 1.82) is 0 Å². The SMILES string of the molecule is Cc1cc(Cl)cc(-c2cc(CN3CCC(CC(=O)O)CC3)cc(Oc3cnc(N4CCCC5CCCCC(C)(C)CCCC54)nc3)n2)c1. The molecule has 6 rings (SSSR count). The zero-order chi connectivity index (χ0) is 33.7. The number of carboxylic acids is 1. The Morgan fingerprint density at radius 2 is 1.69 bits per heavy atom. The molecule has 1 N–H and O–H groups in total. The number of hydrogen-bond donors (Lipinski definition) is 1. The van der Waals surface area contributed by atoms with Crippen molar-refractivity contribution in [2.75, 3.05) is 24.5 Å². The van der Waals surface area contributed by atoms with E-state index < -0.39 is 5.97 Å². The molecule has 1 aliphatic carbocycles. The number of rotatable bonds is 8. The van der Waals surface area contributed by atoms with Crippen molar-refractivity contribution in [2.45, 2.75) is 110 Å². The first kappa shape index (κ1) is 34.6. The maximum absolute atomic E-state index is 11.2. The number of piperidine rings is 2. The fraction of sp³-hybridized carbons (Fsp3) is 0.590. The molecule has 48 heavy (non-hydrogen) atoms. The van der Waals surface area contributed by atoms with Crippen LogP contribution in [-0.4, -0.2) is 56.6 Å². The molecule has 1 saturated carbocycles. The van der Waals surface area contributed by atoms with Gasteiger partial charge in [0.25, 0.3) is 0 Å². The van der Waals surface area contributed by atoms with E-state index in [1.54, 1.807) is 12.4 Å². The average Bonchev–Trinajstić information content (AvgIpc) is 3.04. The second-order valence-corrected chi connectivity index (χ2v) is 15.8. The molecular formula is C39H52ClN5O3. The minimum Gasteiger partial charge on any atom is -0.481 e. The minimum absolute atomic E-state index is 0.243. The van der Waals surface area contributed by atoms with E-state index in [0.29, 0.717) is 34.0 Å². The Morgan fingerprint density at radius 3 is 2.44 bits per heavy atom. The van der Waals surface area contributed by atoms with Crippen LogP contribution in [0, 0.1) is 24.2 Å². The first-order chi connectivity index (χ1) is 23.1. The average molecular weight is 674 g/mol. The highest BCUT2D eigenvalue weighted by molar-refractivity contribution is 6.30. The fourth-order valence-electron chi connectivity index (χ4n) is 8.26. The Labute approximate surface area is 291 Å². The van der Waals surface area contributed by atoms with Gasteiger partial charge < -0.3 is 14.7 Å². The van der Waals surface area contributed by atoms with Gasteiger partial charge in [0.15, 0.2) is 5.75 Å². The summed E-state index contributed by atoms with van der Waals surface area (Å²) in [5, 5.41) is 9.89. The van der Waals surface area contributed by atoms with Crippen LogP contribution >= 0.6 is 11.6 Å². The van der Waals surface area contributed by atoms with Gasteiger partial charge in [-0.1, -0.05) is 44.7 Å². The van der Waals surface area contributed by atoms with E-state index in [1.807, 2.05) is 25.1 Å². The molecule has 0 radical (unpaired) electrons. The number of halogens is 1. The third-order valence-electron chi connectivity index (χ3n) is 10.8. The molecule has 1 aromatic carbocycles. The van der Waals surface area contributed by atoms with Crippen molar-refractivity contribution in [3.05, 3.63) is 58.9 Å². The van der Waals surface area contributed by atoms with Crippen LogP contribution in [0.2, 0.25) is 5.02 Å². The first-order valence-electron chi connectivity index (χ1n) is 18.1. The number of aromatic nitrogens is 3. The highest BCUT2D eigenvalue weighted by Gasteiger charge is 2.34. The Morgan fingerprint density at radius 1 is 0.938 bits per heavy atom. The van der Waals surface area contributed by atoms with Crippen LogP contribution in [0.3, 0.4) is 0 Å². The smallest absolute Gasteiger partial charge is 0.303 e. The lowest BCUT2D eigenvalue weighted by Crippen LogP contribution is -2.46. The van der Waals surface area contributed by atoms with Gasteiger partial charge in [-0.05, 0) is 124 Å². The molecule has 4 heterocycles. The van der Waals surface area contributed by atoms with Crippen LogP contribution in [0.5, 0.6) is 11.6 Å². The summed E-state index contributed by atoms with van der Waals surface area (Å²) in [5.74, 6) is 2.10. The van der Waals surface area contributed by atoms with Gasteiger partial charge in [0.1, 0.15) is 0 Å². The van der Waals surface area contributed by atoms with Gasteiger partial charge in [0, 0.05) is 42.2 Å². The Kier molecular flexibility index (Phi) is 11.2. The molecule has 0 bridgehead atoms. The fourth-order valence-corrected chi connectivity index (χ4v) is 8.55. The summed E-state index contributed by atoms with van der Waals surface area (Å²) in [5.41, 5.74) is 4.31. The number of benzene rings is 1. The van der Waals surface area contributed by atoms with Crippen molar-refractivity contribution in [3.8, 4) is 22.9 Å². The van der Waals surface area contributed by atoms with E-state index in [9.17, 15) is 9.90 Å². The number of pyridine rings is 1. The number of likely N-dealkylation sites (tertiary alicyclic amines) is 1. The Balaban J connectivity index is 1.19. The molecule has 2 saturated heterocycles. The molecule has 0 spiro atoms. The van der Waals surface area contributed by atoms with Crippen LogP contribution < -0.4 is 9.64 Å². The molecule has 0 amide bonds. The molecule has 2 aliphatic heterocycles. The summed E-state index contributed by atoms with van der Waals surface area (Å²) in [7, 11) is 0. The second-order valence-electron chi connectivity index (χ2n) is 15.3. The lowest BCUT2D eigenvalue weighted by Gasteiger charge is -2.43. The summed E-state index contributed by atoms with van der Waals surface area (Å²) in [6, 6.07) is 10.6. The molecule has 258 valence electrons. The van der Waals surface area contributed by atoms with Crippen molar-refractivity contribution in [3.63, 3.8) is 0 Å². The first-order valence-corrected chi connectivity index (χ1v) is 18.5. The monoisotopic (exact) mass is 673 g/mol. The molecule has 2 unspecified atom stereocenters. The zero-order valence-electron chi connectivity index (χ0n) is 29.0. The van der Waals surface area contributed by atoms with Gasteiger partial charge in [-0.3, -0.25) is 9.69 Å². The van der Waals surface area contributed by atoms with Crippen LogP contribution in [0.1, 0.15) is 102 Å². The third kappa shape index (κ3) is 9.26. The molecule has 3 fully saturated rings. The van der Waals surface area contributed by atoms with Gasteiger partial charge in [0.05, 0.1) is 18.1 Å². The van der Waals surface area contributed by atoms with E-state index in [4.69, 9.17) is 31.3 Å². The molecular weight excluding hydrogens is 622 g/mol. The number of anilines is 1. The van der Waals surface area contributed by atoms with E-state index in [-0.39, 0.29) is 12.3 Å². The summed E-state index contributed by atoms with van der Waals surface area (Å²) in [6.07, 6.45) is 17.1. The molecule has 9 heteroatoms. The zero-order valence-corrected chi connectivity index (χ0v) is 29.7. The van der Waals surface area contributed by atoms with Crippen LogP contribution in [-0.2, 0) is 11.3 Å². The van der Waals surface area contributed by atoms with Gasteiger partial charge in [-0.25, -0.2) is 15.0 Å². The second kappa shape index (κ2) is 15.5. The minimum atomic E-state index is -0.710. The third-order valence-corrected chi connectivity index (χ3v) is 11.0. The lowest BCUT2D eigenvalue weighted by molar-refractivity contribution is -0.138. The van der Waals surface area contributed by atoms with Crippen molar-refractivity contribution < 1.29 is 14.6 Å². The number of aryl methyl sites for hydroxylation is 1. The van der Waals surface area contributed by atoms with Crippen molar-refractivity contribution in [1.82, 2.24) is 19.9 Å². The molecule has 2 aromatic heterocycles. The summed E-state index contributed by atoms with van der Waals surface area (Å²) in [6.45, 7) is 10.4. The van der Waals surface area contributed by atoms with Crippen molar-refractivity contribution in [2.24, 2.45) is 17.3 Å². The maximum Gasteiger partial charge on any atom is 0.303 e. The van der Waals surface area contributed by atoms with E-state index in [0.717, 1.165) is 67.4 Å². The van der Waals surface area contributed by atoms with E-state index >= 15 is 0 Å². The molecule has 3 aliphatic rings. The number of ether oxygens (including phenoxy) is 1. The standard InChI is InChI=1S/C39H52ClN5O3/c1-27-18-31(23-32(40)19-27)34-20-29(26-44-16-11-28(12-17-44)22-37(46)47)21-36(43-34)48-33-24-41-38(42-25-33)45-15-7-9-30-8-4-5-13-39(2,3)14-6-10-35(30)45/h18-21,23-25,28,30,35H,4-17,22,26H2,1-3H3,(H,46,47). The molecule has 8 nitrogen and oxygen atoms in total. The predicted octanol–water partition coefficient (Wildman–Crippen LogP) is 9.33. The number of fused-ring (bicyclic) bond motifs is 1. The van der Waals surface area contributed by atoms with Gasteiger partial charge in [-0.15, -0.1) is 0 Å². The highest BCUT2D eigenvalue weighted by Crippen LogP contribution is 2.38. The molecule has 3 aromatic rings. The number of aliphatic carboxylic acids is 1. The lowest BCUT2D eigenvalue weighted by atomic mass is 9.76. The van der Waals surface area contributed by atoms with Gasteiger partial charge in [-0.2, -0.15) is 0 Å². The topological polar surface area (TPSA) is 91.7 Å². The Bertz CT molecular complexity index is 1520. The van der Waals surface area contributed by atoms with E-state index in [1.165, 1.54) is 57.8 Å². The number of hydrogen-bond acceptors (Lipinski definition) is 7. The van der Waals surface area contributed by atoms with Gasteiger partial charge >= 0.3 is 5.97 Å². The molecule has 2 atom stereocenters. The number of carboxylic acid groups (broad SMARTS) is 1. The predicted molar refractivity (Wildman–Crippen MR) is 192 cm³/mol.